The Morgan fingerprint density at radius 1 is 1.24 bits per heavy atom. The number of benzene rings is 1. The van der Waals surface area contributed by atoms with Crippen LogP contribution in [0, 0.1) is 11.8 Å². The largest absolute Gasteiger partial charge is 0.481 e. The van der Waals surface area contributed by atoms with E-state index in [-0.39, 0.29) is 5.92 Å². The number of allylic oxidation sites excluding steroid dienone is 2. The monoisotopic (exact) mass is 347 g/mol. The third-order valence-corrected chi connectivity index (χ3v) is 3.78. The lowest BCUT2D eigenvalue weighted by Crippen LogP contribution is -2.48. The first kappa shape index (κ1) is 20.7. The minimum absolute atomic E-state index is 0.230. The van der Waals surface area contributed by atoms with Crippen LogP contribution in [0.5, 0.6) is 0 Å². The number of carboxylic acid groups (broad SMARTS) is 1. The van der Waals surface area contributed by atoms with Crippen LogP contribution >= 0.6 is 0 Å². The standard InChI is InChI=1S/C20H29NO4/c1-6-10-14(2)17(18(22)23)16(13-15-11-8-7-9-12-15)21-19(24)25-20(3,4)5/h6-12,14,16-17H,13H2,1-5H3,(H,21,24)(H,22,23)/b10-6+/t14-,16+,17?/m1/s1. The quantitative estimate of drug-likeness (QED) is 0.730. The second-order valence-electron chi connectivity index (χ2n) is 7.19. The minimum atomic E-state index is -0.942. The molecule has 0 saturated carbocycles. The van der Waals surface area contributed by atoms with Crippen LogP contribution in [0.25, 0.3) is 0 Å². The SMILES string of the molecule is C/C=C/[C@@H](C)C(C(=O)O)[C@H](Cc1ccccc1)NC(=O)OC(C)(C)C. The van der Waals surface area contributed by atoms with Crippen LogP contribution in [0.3, 0.4) is 0 Å². The smallest absolute Gasteiger partial charge is 0.407 e. The molecule has 1 amide bonds. The zero-order valence-corrected chi connectivity index (χ0v) is 15.7. The molecular weight excluding hydrogens is 318 g/mol. The van der Waals surface area contributed by atoms with E-state index in [0.717, 1.165) is 5.56 Å². The highest BCUT2D eigenvalue weighted by Gasteiger charge is 2.34. The predicted octanol–water partition coefficient (Wildman–Crippen LogP) is 4.04. The molecule has 138 valence electrons. The van der Waals surface area contributed by atoms with Crippen molar-refractivity contribution in [2.24, 2.45) is 11.8 Å². The molecule has 0 fully saturated rings. The maximum absolute atomic E-state index is 12.2. The molecule has 1 aromatic carbocycles. The maximum Gasteiger partial charge on any atom is 0.407 e. The Hall–Kier alpha value is -2.30. The number of alkyl carbamates (subject to hydrolysis) is 1. The van der Waals surface area contributed by atoms with E-state index in [1.807, 2.05) is 56.3 Å². The van der Waals surface area contributed by atoms with E-state index < -0.39 is 29.6 Å². The van der Waals surface area contributed by atoms with Gasteiger partial charge in [0.05, 0.1) is 12.0 Å². The van der Waals surface area contributed by atoms with Gasteiger partial charge in [-0.2, -0.15) is 0 Å². The Balaban J connectivity index is 3.07. The lowest BCUT2D eigenvalue weighted by Gasteiger charge is -2.29. The van der Waals surface area contributed by atoms with E-state index in [1.54, 1.807) is 20.8 Å². The van der Waals surface area contributed by atoms with Crippen molar-refractivity contribution >= 4 is 12.1 Å². The molecule has 0 heterocycles. The zero-order chi connectivity index (χ0) is 19.0. The fraction of sp³-hybridized carbons (Fsp3) is 0.500. The topological polar surface area (TPSA) is 75.6 Å². The molecule has 0 aliphatic carbocycles. The summed E-state index contributed by atoms with van der Waals surface area (Å²) in [7, 11) is 0. The summed E-state index contributed by atoms with van der Waals surface area (Å²) in [5, 5.41) is 12.5. The normalized spacial score (nSPS) is 15.4. The van der Waals surface area contributed by atoms with Crippen molar-refractivity contribution in [3.05, 3.63) is 48.0 Å². The van der Waals surface area contributed by atoms with E-state index in [0.29, 0.717) is 6.42 Å². The van der Waals surface area contributed by atoms with Gasteiger partial charge in [-0.3, -0.25) is 4.79 Å². The van der Waals surface area contributed by atoms with Crippen molar-refractivity contribution in [2.45, 2.75) is 52.7 Å². The van der Waals surface area contributed by atoms with Crippen molar-refractivity contribution in [3.8, 4) is 0 Å². The molecule has 0 radical (unpaired) electrons. The number of hydrogen-bond donors (Lipinski definition) is 2. The van der Waals surface area contributed by atoms with Crippen LogP contribution in [0.1, 0.15) is 40.2 Å². The molecule has 0 aliphatic heterocycles. The summed E-state index contributed by atoms with van der Waals surface area (Å²) < 4.78 is 5.31. The first-order valence-electron chi connectivity index (χ1n) is 8.53. The average molecular weight is 347 g/mol. The summed E-state index contributed by atoms with van der Waals surface area (Å²) in [5.41, 5.74) is 0.317. The van der Waals surface area contributed by atoms with Gasteiger partial charge >= 0.3 is 12.1 Å². The number of nitrogens with one attached hydrogen (secondary N) is 1. The van der Waals surface area contributed by atoms with Gasteiger partial charge in [0.2, 0.25) is 0 Å². The Kier molecular flexibility index (Phi) is 7.68. The molecule has 3 atom stereocenters. The highest BCUT2D eigenvalue weighted by molar-refractivity contribution is 5.74. The summed E-state index contributed by atoms with van der Waals surface area (Å²) in [6, 6.07) is 8.94. The number of ether oxygens (including phenoxy) is 1. The van der Waals surface area contributed by atoms with Gasteiger partial charge in [-0.15, -0.1) is 0 Å². The molecule has 0 aromatic heterocycles. The fourth-order valence-electron chi connectivity index (χ4n) is 2.78. The van der Waals surface area contributed by atoms with Gasteiger partial charge in [0.1, 0.15) is 5.60 Å². The number of hydrogen-bond acceptors (Lipinski definition) is 3. The van der Waals surface area contributed by atoms with E-state index in [9.17, 15) is 14.7 Å². The van der Waals surface area contributed by atoms with Gasteiger partial charge in [0, 0.05) is 0 Å². The molecule has 25 heavy (non-hydrogen) atoms. The summed E-state index contributed by atoms with van der Waals surface area (Å²) in [5.74, 6) is -1.93. The first-order chi connectivity index (χ1) is 11.6. The van der Waals surface area contributed by atoms with E-state index in [2.05, 4.69) is 5.32 Å². The fourth-order valence-corrected chi connectivity index (χ4v) is 2.78. The van der Waals surface area contributed by atoms with E-state index >= 15 is 0 Å². The molecule has 5 heteroatoms. The maximum atomic E-state index is 12.2. The Bertz CT molecular complexity index is 589. The Labute approximate surface area is 150 Å². The number of rotatable bonds is 7. The predicted molar refractivity (Wildman–Crippen MR) is 98.4 cm³/mol. The second kappa shape index (κ2) is 9.25. The van der Waals surface area contributed by atoms with Crippen LogP contribution in [0.15, 0.2) is 42.5 Å². The number of aliphatic carboxylic acids is 1. The van der Waals surface area contributed by atoms with Crippen molar-refractivity contribution in [1.82, 2.24) is 5.32 Å². The molecule has 1 rings (SSSR count). The van der Waals surface area contributed by atoms with Gasteiger partial charge in [0.15, 0.2) is 0 Å². The Morgan fingerprint density at radius 3 is 2.32 bits per heavy atom. The van der Waals surface area contributed by atoms with Crippen LogP contribution in [0.2, 0.25) is 0 Å². The summed E-state index contributed by atoms with van der Waals surface area (Å²) in [6.45, 7) is 9.01. The van der Waals surface area contributed by atoms with Crippen molar-refractivity contribution in [3.63, 3.8) is 0 Å². The number of amides is 1. The van der Waals surface area contributed by atoms with Crippen molar-refractivity contribution in [2.75, 3.05) is 0 Å². The van der Waals surface area contributed by atoms with Crippen LogP contribution in [-0.4, -0.2) is 28.8 Å². The molecule has 0 spiro atoms. The molecule has 1 aromatic rings. The summed E-state index contributed by atoms with van der Waals surface area (Å²) in [4.78, 5) is 24.1. The Morgan fingerprint density at radius 2 is 1.84 bits per heavy atom. The molecule has 0 saturated heterocycles. The lowest BCUT2D eigenvalue weighted by molar-refractivity contribution is -0.144. The van der Waals surface area contributed by atoms with Gasteiger partial charge in [0.25, 0.3) is 0 Å². The summed E-state index contributed by atoms with van der Waals surface area (Å²) in [6.07, 6.45) is 3.48. The van der Waals surface area contributed by atoms with Crippen LogP contribution < -0.4 is 5.32 Å². The third kappa shape index (κ3) is 7.42. The average Bonchev–Trinajstić information content (AvgIpc) is 2.46. The number of carbonyl (C=O) groups is 2. The van der Waals surface area contributed by atoms with E-state index in [4.69, 9.17) is 4.74 Å². The molecule has 5 nitrogen and oxygen atoms in total. The second-order valence-corrected chi connectivity index (χ2v) is 7.19. The number of carboxylic acids is 1. The summed E-state index contributed by atoms with van der Waals surface area (Å²) >= 11 is 0. The highest BCUT2D eigenvalue weighted by Crippen LogP contribution is 2.22. The minimum Gasteiger partial charge on any atom is -0.481 e. The molecule has 0 aliphatic rings. The first-order valence-corrected chi connectivity index (χ1v) is 8.53. The zero-order valence-electron chi connectivity index (χ0n) is 15.7. The molecule has 2 N–H and O–H groups in total. The van der Waals surface area contributed by atoms with Crippen molar-refractivity contribution in [1.29, 1.82) is 0 Å². The van der Waals surface area contributed by atoms with Gasteiger partial charge in [-0.1, -0.05) is 49.4 Å². The van der Waals surface area contributed by atoms with E-state index in [1.165, 1.54) is 0 Å². The molecule has 0 bridgehead atoms. The van der Waals surface area contributed by atoms with Gasteiger partial charge in [-0.25, -0.2) is 4.79 Å². The van der Waals surface area contributed by atoms with Crippen molar-refractivity contribution < 1.29 is 19.4 Å². The lowest BCUT2D eigenvalue weighted by atomic mass is 9.84. The molecule has 1 unspecified atom stereocenters. The van der Waals surface area contributed by atoms with Gasteiger partial charge < -0.3 is 15.2 Å². The van der Waals surface area contributed by atoms with Gasteiger partial charge in [-0.05, 0) is 45.6 Å². The third-order valence-electron chi connectivity index (χ3n) is 3.78. The van der Waals surface area contributed by atoms with Crippen LogP contribution in [0.4, 0.5) is 4.79 Å². The molecular formula is C20H29NO4. The van der Waals surface area contributed by atoms with Crippen LogP contribution in [-0.2, 0) is 16.0 Å². The highest BCUT2D eigenvalue weighted by atomic mass is 16.6. The number of carbonyl (C=O) groups excluding carboxylic acids is 1.